The van der Waals surface area contributed by atoms with Gasteiger partial charge in [-0.1, -0.05) is 0 Å². The zero-order chi connectivity index (χ0) is 7.40. The Bertz CT molecular complexity index is 191. The summed E-state index contributed by atoms with van der Waals surface area (Å²) in [5.74, 6) is 0. The molecule has 0 unspecified atom stereocenters. The lowest BCUT2D eigenvalue weighted by atomic mass is 10.2. The Morgan fingerprint density at radius 1 is 1.60 bits per heavy atom. The maximum Gasteiger partial charge on any atom is 0.0191 e. The highest BCUT2D eigenvalue weighted by Crippen LogP contribution is 2.00. The molecule has 0 amide bonds. The summed E-state index contributed by atoms with van der Waals surface area (Å²) < 4.78 is 2.16. The molecule has 0 saturated carbocycles. The normalized spacial score (nSPS) is 10.2. The number of aryl methyl sites for hydroxylation is 1. The number of nitrogens with two attached hydrogens (primary N) is 1. The van der Waals surface area contributed by atoms with Gasteiger partial charge in [0.15, 0.2) is 0 Å². The van der Waals surface area contributed by atoms with Crippen molar-refractivity contribution in [3.63, 3.8) is 0 Å². The van der Waals surface area contributed by atoms with Crippen molar-refractivity contribution in [1.82, 2.24) is 4.57 Å². The van der Waals surface area contributed by atoms with Crippen molar-refractivity contribution >= 4 is 0 Å². The van der Waals surface area contributed by atoms with Gasteiger partial charge in [0.05, 0.1) is 0 Å². The van der Waals surface area contributed by atoms with Crippen molar-refractivity contribution in [1.29, 1.82) is 0 Å². The first-order chi connectivity index (χ1) is 4.86. The summed E-state index contributed by atoms with van der Waals surface area (Å²) in [5.41, 5.74) is 6.74. The highest BCUT2D eigenvalue weighted by molar-refractivity contribution is 5.10. The second-order valence-corrected chi connectivity index (χ2v) is 2.39. The fourth-order valence-electron chi connectivity index (χ4n) is 1.00. The van der Waals surface area contributed by atoms with E-state index in [0.29, 0.717) is 0 Å². The Kier molecular flexibility index (Phi) is 2.51. The molecule has 0 saturated heterocycles. The Morgan fingerprint density at radius 2 is 2.40 bits per heavy atom. The molecule has 1 aromatic heterocycles. The maximum atomic E-state index is 5.40. The van der Waals surface area contributed by atoms with Crippen molar-refractivity contribution in [2.24, 2.45) is 5.73 Å². The zero-order valence-electron chi connectivity index (χ0n) is 6.38. The van der Waals surface area contributed by atoms with Crippen molar-refractivity contribution in [3.8, 4) is 0 Å². The highest BCUT2D eigenvalue weighted by Gasteiger charge is 1.92. The Balaban J connectivity index is 2.59. The van der Waals surface area contributed by atoms with Crippen LogP contribution >= 0.6 is 0 Å². The smallest absolute Gasteiger partial charge is 0.0191 e. The molecule has 0 radical (unpaired) electrons. The Labute approximate surface area is 61.7 Å². The highest BCUT2D eigenvalue weighted by atomic mass is 14.9. The fraction of sp³-hybridized carbons (Fsp3) is 0.500. The molecule has 2 heteroatoms. The molecule has 0 aliphatic heterocycles. The standard InChI is InChI=1S/C8H14N2/c1-2-10-6-4-8(7-10)3-5-9/h4,6-7H,2-3,5,9H2,1H3. The lowest BCUT2D eigenvalue weighted by molar-refractivity contribution is 0.765. The molecule has 0 aromatic carbocycles. The number of nitrogens with zero attached hydrogens (tertiary/aromatic N) is 1. The van der Waals surface area contributed by atoms with Crippen molar-refractivity contribution in [3.05, 3.63) is 24.0 Å². The summed E-state index contributed by atoms with van der Waals surface area (Å²) in [6, 6.07) is 2.12. The van der Waals surface area contributed by atoms with Crippen LogP contribution < -0.4 is 5.73 Å². The summed E-state index contributed by atoms with van der Waals surface area (Å²) >= 11 is 0. The number of rotatable bonds is 3. The Morgan fingerprint density at radius 3 is 2.90 bits per heavy atom. The van der Waals surface area contributed by atoms with Gasteiger partial charge in [0.25, 0.3) is 0 Å². The number of aromatic nitrogens is 1. The monoisotopic (exact) mass is 138 g/mol. The van der Waals surface area contributed by atoms with Crippen LogP contribution in [0, 0.1) is 0 Å². The van der Waals surface area contributed by atoms with Crippen LogP contribution in [0.3, 0.4) is 0 Å². The van der Waals surface area contributed by atoms with Gasteiger partial charge in [-0.05, 0) is 31.5 Å². The predicted molar refractivity (Wildman–Crippen MR) is 42.9 cm³/mol. The lowest BCUT2D eigenvalue weighted by Gasteiger charge is -1.93. The van der Waals surface area contributed by atoms with Gasteiger partial charge in [-0.25, -0.2) is 0 Å². The van der Waals surface area contributed by atoms with E-state index in [0.717, 1.165) is 19.5 Å². The van der Waals surface area contributed by atoms with Crippen molar-refractivity contribution in [2.45, 2.75) is 19.9 Å². The van der Waals surface area contributed by atoms with E-state index in [9.17, 15) is 0 Å². The SMILES string of the molecule is CCn1ccc(CCN)c1. The minimum Gasteiger partial charge on any atom is -0.354 e. The van der Waals surface area contributed by atoms with Gasteiger partial charge in [0.1, 0.15) is 0 Å². The molecule has 0 spiro atoms. The molecule has 1 rings (SSSR count). The summed E-state index contributed by atoms with van der Waals surface area (Å²) in [6.45, 7) is 3.92. The van der Waals surface area contributed by atoms with E-state index in [1.54, 1.807) is 0 Å². The van der Waals surface area contributed by atoms with Gasteiger partial charge in [0, 0.05) is 18.9 Å². The van der Waals surface area contributed by atoms with E-state index in [1.165, 1.54) is 5.56 Å². The molecular weight excluding hydrogens is 124 g/mol. The van der Waals surface area contributed by atoms with Crippen LogP contribution in [0.25, 0.3) is 0 Å². The van der Waals surface area contributed by atoms with Crippen LogP contribution in [0.2, 0.25) is 0 Å². The average Bonchev–Trinajstić information content (AvgIpc) is 2.37. The van der Waals surface area contributed by atoms with Crippen molar-refractivity contribution < 1.29 is 0 Å². The van der Waals surface area contributed by atoms with Crippen molar-refractivity contribution in [2.75, 3.05) is 6.54 Å². The third kappa shape index (κ3) is 1.61. The second-order valence-electron chi connectivity index (χ2n) is 2.39. The fourth-order valence-corrected chi connectivity index (χ4v) is 1.00. The molecule has 1 heterocycles. The van der Waals surface area contributed by atoms with Crippen LogP contribution in [0.15, 0.2) is 18.5 Å². The summed E-state index contributed by atoms with van der Waals surface area (Å²) in [7, 11) is 0. The minimum atomic E-state index is 0.744. The number of hydrogen-bond donors (Lipinski definition) is 1. The predicted octanol–water partition coefficient (Wildman–Crippen LogP) is 1.01. The van der Waals surface area contributed by atoms with Crippen LogP contribution in [-0.4, -0.2) is 11.1 Å². The first-order valence-electron chi connectivity index (χ1n) is 3.71. The third-order valence-electron chi connectivity index (χ3n) is 1.61. The van der Waals surface area contributed by atoms with E-state index in [-0.39, 0.29) is 0 Å². The van der Waals surface area contributed by atoms with Gasteiger partial charge < -0.3 is 10.3 Å². The molecular formula is C8H14N2. The van der Waals surface area contributed by atoms with Crippen LogP contribution in [0.5, 0.6) is 0 Å². The molecule has 0 aliphatic rings. The van der Waals surface area contributed by atoms with Gasteiger partial charge in [0.2, 0.25) is 0 Å². The maximum absolute atomic E-state index is 5.40. The first kappa shape index (κ1) is 7.35. The van der Waals surface area contributed by atoms with E-state index >= 15 is 0 Å². The molecule has 2 N–H and O–H groups in total. The van der Waals surface area contributed by atoms with E-state index in [4.69, 9.17) is 5.73 Å². The quantitative estimate of drug-likeness (QED) is 0.664. The Hall–Kier alpha value is -0.760. The first-order valence-corrected chi connectivity index (χ1v) is 3.71. The average molecular weight is 138 g/mol. The van der Waals surface area contributed by atoms with Gasteiger partial charge in [-0.3, -0.25) is 0 Å². The topological polar surface area (TPSA) is 30.9 Å². The largest absolute Gasteiger partial charge is 0.354 e. The lowest BCUT2D eigenvalue weighted by Crippen LogP contribution is -2.01. The van der Waals surface area contributed by atoms with Gasteiger partial charge in [-0.15, -0.1) is 0 Å². The zero-order valence-corrected chi connectivity index (χ0v) is 6.38. The second kappa shape index (κ2) is 3.42. The van der Waals surface area contributed by atoms with Crippen LogP contribution in [0.4, 0.5) is 0 Å². The number of hydrogen-bond acceptors (Lipinski definition) is 1. The van der Waals surface area contributed by atoms with Gasteiger partial charge in [-0.2, -0.15) is 0 Å². The molecule has 10 heavy (non-hydrogen) atoms. The van der Waals surface area contributed by atoms with Gasteiger partial charge >= 0.3 is 0 Å². The third-order valence-corrected chi connectivity index (χ3v) is 1.61. The van der Waals surface area contributed by atoms with Crippen LogP contribution in [-0.2, 0) is 13.0 Å². The summed E-state index contributed by atoms with van der Waals surface area (Å²) in [4.78, 5) is 0. The van der Waals surface area contributed by atoms with E-state index in [2.05, 4.69) is 30.0 Å². The molecule has 56 valence electrons. The molecule has 0 aliphatic carbocycles. The molecule has 0 bridgehead atoms. The van der Waals surface area contributed by atoms with E-state index in [1.807, 2.05) is 0 Å². The molecule has 1 aromatic rings. The van der Waals surface area contributed by atoms with E-state index < -0.39 is 0 Å². The molecule has 0 fully saturated rings. The molecule has 2 nitrogen and oxygen atoms in total. The molecule has 0 atom stereocenters. The van der Waals surface area contributed by atoms with Crippen LogP contribution in [0.1, 0.15) is 12.5 Å². The summed E-state index contributed by atoms with van der Waals surface area (Å²) in [6.07, 6.45) is 5.23. The minimum absolute atomic E-state index is 0.744. The summed E-state index contributed by atoms with van der Waals surface area (Å²) in [5, 5.41) is 0.